The number of hydrogen-bond acceptors (Lipinski definition) is 3. The van der Waals surface area contributed by atoms with E-state index in [0.717, 1.165) is 13.1 Å². The van der Waals surface area contributed by atoms with Crippen LogP contribution in [0.5, 0.6) is 0 Å². The molecule has 0 aromatic heterocycles. The van der Waals surface area contributed by atoms with E-state index in [0.29, 0.717) is 18.4 Å². The van der Waals surface area contributed by atoms with Gasteiger partial charge in [0.1, 0.15) is 13.2 Å². The van der Waals surface area contributed by atoms with Crippen LogP contribution in [0.4, 0.5) is 13.2 Å². The van der Waals surface area contributed by atoms with Crippen molar-refractivity contribution in [3.8, 4) is 0 Å². The van der Waals surface area contributed by atoms with Gasteiger partial charge in [-0.2, -0.15) is 13.2 Å². The Morgan fingerprint density at radius 3 is 2.78 bits per heavy atom. The topological polar surface area (TPSA) is 41.6 Å². The highest BCUT2D eigenvalue weighted by Crippen LogP contribution is 2.32. The number of halogens is 3. The van der Waals surface area contributed by atoms with Crippen molar-refractivity contribution in [3.63, 3.8) is 0 Å². The van der Waals surface area contributed by atoms with E-state index in [9.17, 15) is 18.0 Å². The maximum absolute atomic E-state index is 11.9. The van der Waals surface area contributed by atoms with E-state index in [1.807, 2.05) is 6.92 Å². The van der Waals surface area contributed by atoms with E-state index in [-0.39, 0.29) is 11.9 Å². The summed E-state index contributed by atoms with van der Waals surface area (Å²) >= 11 is 0. The van der Waals surface area contributed by atoms with Crippen LogP contribution in [0.3, 0.4) is 0 Å². The molecule has 3 unspecified atom stereocenters. The minimum Gasteiger partial charge on any atom is -0.362 e. The third-order valence-electron chi connectivity index (χ3n) is 3.75. The van der Waals surface area contributed by atoms with Gasteiger partial charge in [-0.3, -0.25) is 4.79 Å². The molecule has 0 spiro atoms. The van der Waals surface area contributed by atoms with Crippen molar-refractivity contribution in [2.45, 2.75) is 19.1 Å². The summed E-state index contributed by atoms with van der Waals surface area (Å²) in [5.74, 6) is 0.490. The molecule has 2 saturated heterocycles. The van der Waals surface area contributed by atoms with Gasteiger partial charge in [0.2, 0.25) is 5.91 Å². The first-order valence-corrected chi connectivity index (χ1v) is 6.03. The lowest BCUT2D eigenvalue weighted by Gasteiger charge is -2.24. The number of alkyl halides is 3. The van der Waals surface area contributed by atoms with Crippen LogP contribution in [0.25, 0.3) is 0 Å². The van der Waals surface area contributed by atoms with E-state index in [4.69, 9.17) is 0 Å². The Kier molecular flexibility index (Phi) is 3.82. The van der Waals surface area contributed by atoms with E-state index in [1.165, 1.54) is 0 Å². The molecular formula is C11H17F3N2O2. The van der Waals surface area contributed by atoms with Crippen molar-refractivity contribution in [1.82, 2.24) is 10.2 Å². The zero-order valence-corrected chi connectivity index (χ0v) is 10.2. The van der Waals surface area contributed by atoms with Gasteiger partial charge < -0.3 is 15.0 Å². The molecular weight excluding hydrogens is 249 g/mol. The molecule has 7 heteroatoms. The molecule has 18 heavy (non-hydrogen) atoms. The molecule has 0 radical (unpaired) electrons. The Balaban J connectivity index is 1.80. The highest BCUT2D eigenvalue weighted by Gasteiger charge is 2.43. The van der Waals surface area contributed by atoms with Gasteiger partial charge in [0.25, 0.3) is 0 Å². The molecule has 4 nitrogen and oxygen atoms in total. The molecule has 2 rings (SSSR count). The third kappa shape index (κ3) is 2.95. The first-order chi connectivity index (χ1) is 8.38. The number of likely N-dealkylation sites (tertiary alicyclic amines) is 1. The average Bonchev–Trinajstić information content (AvgIpc) is 2.80. The van der Waals surface area contributed by atoms with E-state index in [1.54, 1.807) is 4.90 Å². The van der Waals surface area contributed by atoms with Crippen LogP contribution in [0.1, 0.15) is 6.92 Å². The summed E-state index contributed by atoms with van der Waals surface area (Å²) in [4.78, 5) is 13.4. The fourth-order valence-electron chi connectivity index (χ4n) is 2.83. The second-order valence-electron chi connectivity index (χ2n) is 4.98. The summed E-state index contributed by atoms with van der Waals surface area (Å²) < 4.78 is 40.1. The molecule has 1 N–H and O–H groups in total. The monoisotopic (exact) mass is 266 g/mol. The summed E-state index contributed by atoms with van der Waals surface area (Å²) in [7, 11) is 0. The molecule has 2 fully saturated rings. The number of rotatable bonds is 3. The van der Waals surface area contributed by atoms with E-state index in [2.05, 4.69) is 10.1 Å². The Labute approximate surface area is 103 Å². The fraction of sp³-hybridized carbons (Fsp3) is 0.909. The number of nitrogens with one attached hydrogen (secondary N) is 1. The molecule has 104 valence electrons. The van der Waals surface area contributed by atoms with Crippen molar-refractivity contribution in [1.29, 1.82) is 0 Å². The maximum Gasteiger partial charge on any atom is 0.411 e. The van der Waals surface area contributed by atoms with Gasteiger partial charge in [-0.1, -0.05) is 0 Å². The second kappa shape index (κ2) is 5.05. The first-order valence-electron chi connectivity index (χ1n) is 6.03. The van der Waals surface area contributed by atoms with Crippen molar-refractivity contribution in [2.75, 3.05) is 32.8 Å². The maximum atomic E-state index is 11.9. The quantitative estimate of drug-likeness (QED) is 0.814. The molecule has 3 atom stereocenters. The number of carbonyl (C=O) groups is 1. The highest BCUT2D eigenvalue weighted by molar-refractivity contribution is 5.78. The summed E-state index contributed by atoms with van der Waals surface area (Å²) in [5.41, 5.74) is 0. The zero-order valence-electron chi connectivity index (χ0n) is 10.2. The molecule has 0 aromatic carbocycles. The van der Waals surface area contributed by atoms with Crippen molar-refractivity contribution in [2.24, 2.45) is 11.8 Å². The van der Waals surface area contributed by atoms with Crippen LogP contribution in [0, 0.1) is 11.8 Å². The zero-order chi connectivity index (χ0) is 13.3. The van der Waals surface area contributed by atoms with Gasteiger partial charge in [-0.15, -0.1) is 0 Å². The molecule has 0 aromatic rings. The molecule has 2 aliphatic heterocycles. The van der Waals surface area contributed by atoms with E-state index < -0.39 is 19.4 Å². The minimum atomic E-state index is -4.38. The Morgan fingerprint density at radius 2 is 2.17 bits per heavy atom. The molecule has 1 amide bonds. The smallest absolute Gasteiger partial charge is 0.362 e. The number of hydrogen-bond donors (Lipinski definition) is 1. The largest absolute Gasteiger partial charge is 0.411 e. The highest BCUT2D eigenvalue weighted by atomic mass is 19.4. The van der Waals surface area contributed by atoms with Crippen molar-refractivity contribution in [3.05, 3.63) is 0 Å². The summed E-state index contributed by atoms with van der Waals surface area (Å²) in [6, 6.07) is 0.0759. The SMILES string of the molecule is CC1C2CNCC2CN1C(=O)COCC(F)(F)F. The predicted molar refractivity (Wildman–Crippen MR) is 57.9 cm³/mol. The van der Waals surface area contributed by atoms with Crippen LogP contribution in [-0.4, -0.2) is 55.9 Å². The Bertz CT molecular complexity index is 322. The lowest BCUT2D eigenvalue weighted by atomic mass is 9.95. The van der Waals surface area contributed by atoms with Gasteiger partial charge in [-0.25, -0.2) is 0 Å². The van der Waals surface area contributed by atoms with Gasteiger partial charge in [0.05, 0.1) is 0 Å². The van der Waals surface area contributed by atoms with Crippen molar-refractivity contribution >= 4 is 5.91 Å². The number of nitrogens with zero attached hydrogens (tertiary/aromatic N) is 1. The molecule has 0 saturated carbocycles. The van der Waals surface area contributed by atoms with Gasteiger partial charge >= 0.3 is 6.18 Å². The number of carbonyl (C=O) groups excluding carboxylic acids is 1. The van der Waals surface area contributed by atoms with Crippen LogP contribution < -0.4 is 5.32 Å². The normalized spacial score (nSPS) is 31.8. The lowest BCUT2D eigenvalue weighted by Crippen LogP contribution is -2.40. The molecule has 0 bridgehead atoms. The third-order valence-corrected chi connectivity index (χ3v) is 3.75. The lowest BCUT2D eigenvalue weighted by molar-refractivity contribution is -0.178. The van der Waals surface area contributed by atoms with Crippen LogP contribution in [0.2, 0.25) is 0 Å². The average molecular weight is 266 g/mol. The summed E-state index contributed by atoms with van der Waals surface area (Å²) in [5, 5.41) is 3.26. The number of amides is 1. The standard InChI is InChI=1S/C11H17F3N2O2/c1-7-9-3-15-2-8(9)4-16(7)10(17)5-18-6-11(12,13)14/h7-9,15H,2-6H2,1H3. The van der Waals surface area contributed by atoms with Gasteiger partial charge in [0.15, 0.2) is 0 Å². The number of fused-ring (bicyclic) bond motifs is 1. The van der Waals surface area contributed by atoms with E-state index >= 15 is 0 Å². The van der Waals surface area contributed by atoms with Gasteiger partial charge in [0, 0.05) is 25.7 Å². The molecule has 2 heterocycles. The first kappa shape index (κ1) is 13.6. The Morgan fingerprint density at radius 1 is 1.44 bits per heavy atom. The van der Waals surface area contributed by atoms with Crippen LogP contribution >= 0.6 is 0 Å². The predicted octanol–water partition coefficient (Wildman–Crippen LogP) is 0.632. The fourth-order valence-corrected chi connectivity index (χ4v) is 2.83. The minimum absolute atomic E-state index is 0.0759. The second-order valence-corrected chi connectivity index (χ2v) is 4.98. The van der Waals surface area contributed by atoms with Gasteiger partial charge in [-0.05, 0) is 18.8 Å². The molecule has 0 aliphatic carbocycles. The Hall–Kier alpha value is -0.820. The summed E-state index contributed by atoms with van der Waals surface area (Å²) in [6.07, 6.45) is -4.38. The van der Waals surface area contributed by atoms with Crippen molar-refractivity contribution < 1.29 is 22.7 Å². The van der Waals surface area contributed by atoms with Crippen LogP contribution in [0.15, 0.2) is 0 Å². The van der Waals surface area contributed by atoms with Crippen LogP contribution in [-0.2, 0) is 9.53 Å². The summed E-state index contributed by atoms with van der Waals surface area (Å²) in [6.45, 7) is 2.46. The molecule has 2 aliphatic rings. The number of ether oxygens (including phenoxy) is 1.